The molecule has 3 heterocycles. The Kier molecular flexibility index (Phi) is 10.2. The van der Waals surface area contributed by atoms with Crippen molar-refractivity contribution in [1.29, 1.82) is 0 Å². The van der Waals surface area contributed by atoms with Crippen LogP contribution < -0.4 is 16.0 Å². The van der Waals surface area contributed by atoms with Gasteiger partial charge in [0.25, 0.3) is 5.91 Å². The molecule has 2 aromatic carbocycles. The Morgan fingerprint density at radius 2 is 1.64 bits per heavy atom. The Morgan fingerprint density at radius 1 is 0.940 bits per heavy atom. The molecule has 266 valence electrons. The second kappa shape index (κ2) is 14.5. The summed E-state index contributed by atoms with van der Waals surface area (Å²) in [6, 6.07) is 14.8. The van der Waals surface area contributed by atoms with Crippen LogP contribution in [0.3, 0.4) is 0 Å². The quantitative estimate of drug-likeness (QED) is 0.383. The van der Waals surface area contributed by atoms with E-state index in [2.05, 4.69) is 16.0 Å². The van der Waals surface area contributed by atoms with E-state index in [9.17, 15) is 24.0 Å². The Labute approximate surface area is 292 Å². The standard InChI is InChI=1S/C38H47N5O7/c1-37(2,3)50-35(47)40-30-19-11-6-4-5-8-16-27-21-38(27,34(46)39-28-17-9-7-10-18-28)41-32(44)31-20-29(24-43(31)33(30)45)49-36(48)42-22-25-14-12-13-15-26(25)23-42/h7-10,12-18,27,29-31H,4-6,11,19-24H2,1-3H3,(H,39,46)(H,40,47)(H,41,44)/b16-8-/t27?,29-,30+,31+,38-/m1/s1. The van der Waals surface area contributed by atoms with Gasteiger partial charge < -0.3 is 30.3 Å². The summed E-state index contributed by atoms with van der Waals surface area (Å²) >= 11 is 0. The number of anilines is 1. The number of rotatable bonds is 4. The molecule has 0 bridgehead atoms. The number of hydrogen-bond donors (Lipinski definition) is 3. The maximum absolute atomic E-state index is 14.3. The normalized spacial score (nSPS) is 27.3. The molecule has 12 nitrogen and oxygen atoms in total. The number of carbonyl (C=O) groups excluding carboxylic acids is 5. The maximum Gasteiger partial charge on any atom is 0.410 e. The number of hydrogen-bond acceptors (Lipinski definition) is 7. The highest BCUT2D eigenvalue weighted by Gasteiger charge is 2.61. The number of alkyl carbamates (subject to hydrolysis) is 1. The lowest BCUT2D eigenvalue weighted by Crippen LogP contribution is -2.57. The van der Waals surface area contributed by atoms with Gasteiger partial charge in [-0.25, -0.2) is 9.59 Å². The van der Waals surface area contributed by atoms with Gasteiger partial charge in [-0.2, -0.15) is 0 Å². The number of nitrogens with zero attached hydrogens (tertiary/aromatic N) is 2. The summed E-state index contributed by atoms with van der Waals surface area (Å²) in [4.78, 5) is 71.6. The molecule has 1 unspecified atom stereocenters. The third kappa shape index (κ3) is 8.11. The first-order valence-corrected chi connectivity index (χ1v) is 17.6. The largest absolute Gasteiger partial charge is 0.444 e. The number of para-hydroxylation sites is 1. The van der Waals surface area contributed by atoms with Crippen LogP contribution in [0.2, 0.25) is 0 Å². The zero-order valence-electron chi connectivity index (χ0n) is 29.0. The molecule has 2 fully saturated rings. The summed E-state index contributed by atoms with van der Waals surface area (Å²) in [5.41, 5.74) is 0.709. The van der Waals surface area contributed by atoms with Crippen LogP contribution in [-0.2, 0) is 36.9 Å². The summed E-state index contributed by atoms with van der Waals surface area (Å²) < 4.78 is 11.4. The van der Waals surface area contributed by atoms with Gasteiger partial charge in [0.05, 0.1) is 6.54 Å². The average molecular weight is 686 g/mol. The highest BCUT2D eigenvalue weighted by Crippen LogP contribution is 2.46. The first-order chi connectivity index (χ1) is 23.9. The zero-order valence-corrected chi connectivity index (χ0v) is 29.0. The lowest BCUT2D eigenvalue weighted by Gasteiger charge is -2.30. The van der Waals surface area contributed by atoms with Crippen molar-refractivity contribution in [2.75, 3.05) is 11.9 Å². The predicted octanol–water partition coefficient (Wildman–Crippen LogP) is 5.04. The smallest absolute Gasteiger partial charge is 0.410 e. The van der Waals surface area contributed by atoms with Crippen LogP contribution in [0.15, 0.2) is 66.7 Å². The number of allylic oxidation sites excluding steroid dienone is 1. The van der Waals surface area contributed by atoms with Gasteiger partial charge in [-0.3, -0.25) is 19.3 Å². The van der Waals surface area contributed by atoms with E-state index in [-0.39, 0.29) is 24.8 Å². The summed E-state index contributed by atoms with van der Waals surface area (Å²) in [6.07, 6.45) is 5.90. The van der Waals surface area contributed by atoms with Gasteiger partial charge in [-0.15, -0.1) is 0 Å². The zero-order chi connectivity index (χ0) is 35.5. The molecule has 2 aromatic rings. The number of amides is 5. The second-order valence-corrected chi connectivity index (χ2v) is 14.7. The van der Waals surface area contributed by atoms with Crippen molar-refractivity contribution in [3.8, 4) is 0 Å². The van der Waals surface area contributed by atoms with Crippen molar-refractivity contribution in [1.82, 2.24) is 20.4 Å². The van der Waals surface area contributed by atoms with Gasteiger partial charge in [-0.1, -0.05) is 67.5 Å². The van der Waals surface area contributed by atoms with Crippen molar-refractivity contribution in [2.24, 2.45) is 5.92 Å². The number of nitrogens with one attached hydrogen (secondary N) is 3. The van der Waals surface area contributed by atoms with Gasteiger partial charge in [0.1, 0.15) is 29.3 Å². The summed E-state index contributed by atoms with van der Waals surface area (Å²) in [5.74, 6) is -1.55. The van der Waals surface area contributed by atoms with Crippen molar-refractivity contribution >= 4 is 35.6 Å². The van der Waals surface area contributed by atoms with Gasteiger partial charge in [0.15, 0.2) is 0 Å². The Balaban J connectivity index is 1.25. The molecular weight excluding hydrogens is 638 g/mol. The summed E-state index contributed by atoms with van der Waals surface area (Å²) in [7, 11) is 0. The van der Waals surface area contributed by atoms with Crippen LogP contribution in [0.25, 0.3) is 0 Å². The van der Waals surface area contributed by atoms with Crippen LogP contribution in [-0.4, -0.2) is 75.6 Å². The Bertz CT molecular complexity index is 1610. The molecule has 0 spiro atoms. The molecule has 1 aliphatic carbocycles. The average Bonchev–Trinajstić information content (AvgIpc) is 3.37. The van der Waals surface area contributed by atoms with Crippen LogP contribution >= 0.6 is 0 Å². The third-order valence-electron chi connectivity index (χ3n) is 9.73. The van der Waals surface area contributed by atoms with Crippen molar-refractivity contribution < 1.29 is 33.4 Å². The van der Waals surface area contributed by atoms with Gasteiger partial charge >= 0.3 is 12.2 Å². The van der Waals surface area contributed by atoms with Crippen LogP contribution in [0.4, 0.5) is 15.3 Å². The van der Waals surface area contributed by atoms with Crippen LogP contribution in [0.5, 0.6) is 0 Å². The van der Waals surface area contributed by atoms with E-state index in [1.807, 2.05) is 54.6 Å². The molecule has 50 heavy (non-hydrogen) atoms. The molecule has 12 heteroatoms. The second-order valence-electron chi connectivity index (χ2n) is 14.7. The van der Waals surface area contributed by atoms with Crippen LogP contribution in [0, 0.1) is 5.92 Å². The topological polar surface area (TPSA) is 146 Å². The lowest BCUT2D eigenvalue weighted by molar-refractivity contribution is -0.141. The molecular formula is C38H47N5O7. The third-order valence-corrected chi connectivity index (χ3v) is 9.73. The van der Waals surface area contributed by atoms with E-state index in [4.69, 9.17) is 9.47 Å². The molecule has 6 rings (SSSR count). The summed E-state index contributed by atoms with van der Waals surface area (Å²) in [5, 5.41) is 8.71. The van der Waals surface area contributed by atoms with Crippen molar-refractivity contribution in [2.45, 2.75) is 108 Å². The van der Waals surface area contributed by atoms with E-state index in [1.165, 1.54) is 4.90 Å². The van der Waals surface area contributed by atoms with Crippen molar-refractivity contribution in [3.63, 3.8) is 0 Å². The predicted molar refractivity (Wildman–Crippen MR) is 186 cm³/mol. The number of benzene rings is 2. The van der Waals surface area contributed by atoms with E-state index < -0.39 is 53.3 Å². The fraction of sp³-hybridized carbons (Fsp3) is 0.500. The van der Waals surface area contributed by atoms with Crippen molar-refractivity contribution in [3.05, 3.63) is 77.9 Å². The molecule has 1 saturated heterocycles. The fourth-order valence-corrected chi connectivity index (χ4v) is 7.06. The Hall–Kier alpha value is -4.87. The minimum absolute atomic E-state index is 0.0392. The fourth-order valence-electron chi connectivity index (χ4n) is 7.06. The molecule has 5 amide bonds. The van der Waals surface area contributed by atoms with Crippen LogP contribution in [0.1, 0.15) is 76.8 Å². The highest BCUT2D eigenvalue weighted by atomic mass is 16.6. The molecule has 1 saturated carbocycles. The monoisotopic (exact) mass is 685 g/mol. The molecule has 3 aliphatic heterocycles. The van der Waals surface area contributed by atoms with E-state index in [0.717, 1.165) is 30.4 Å². The number of ether oxygens (including phenoxy) is 2. The molecule has 5 atom stereocenters. The summed E-state index contributed by atoms with van der Waals surface area (Å²) in [6.45, 7) is 6.00. The SMILES string of the molecule is CC(C)(C)OC(=O)N[C@H]1CCCCC/C=C\C2C[C@@]2(C(=O)Nc2ccccc2)NC(=O)[C@@H]2C[C@@H](OC(=O)N3Cc4ccccc4C3)CN2C1=O. The van der Waals surface area contributed by atoms with Gasteiger partial charge in [-0.05, 0) is 69.7 Å². The van der Waals surface area contributed by atoms with Gasteiger partial charge in [0.2, 0.25) is 11.8 Å². The minimum atomic E-state index is -1.21. The van der Waals surface area contributed by atoms with Gasteiger partial charge in [0, 0.05) is 31.1 Å². The minimum Gasteiger partial charge on any atom is -0.444 e. The number of carbonyl (C=O) groups is 5. The maximum atomic E-state index is 14.3. The first-order valence-electron chi connectivity index (χ1n) is 17.6. The molecule has 0 radical (unpaired) electrons. The molecule has 4 aliphatic rings. The van der Waals surface area contributed by atoms with E-state index in [0.29, 0.717) is 38.0 Å². The lowest BCUT2D eigenvalue weighted by atomic mass is 10.0. The van der Waals surface area contributed by atoms with E-state index >= 15 is 0 Å². The Morgan fingerprint density at radius 3 is 2.34 bits per heavy atom. The number of fused-ring (bicyclic) bond motifs is 3. The van der Waals surface area contributed by atoms with E-state index in [1.54, 1.807) is 37.8 Å². The first kappa shape index (κ1) is 35.0. The molecule has 0 aromatic heterocycles. The molecule has 3 N–H and O–H groups in total. The highest BCUT2D eigenvalue weighted by molar-refractivity contribution is 6.04.